The number of carbonyl (C=O) groups excluding carboxylic acids is 4. The molecule has 0 aromatic carbocycles. The van der Waals surface area contributed by atoms with E-state index in [1.807, 2.05) is 0 Å². The van der Waals surface area contributed by atoms with Gasteiger partial charge in [-0.1, -0.05) is 6.92 Å². The van der Waals surface area contributed by atoms with Crippen LogP contribution in [0.5, 0.6) is 0 Å². The molecule has 120 valence electrons. The van der Waals surface area contributed by atoms with Crippen LogP contribution in [-0.2, 0) is 19.2 Å². The number of amides is 4. The van der Waals surface area contributed by atoms with E-state index in [4.69, 9.17) is 0 Å². The molecule has 8 nitrogen and oxygen atoms in total. The molecule has 0 bridgehead atoms. The number of rotatable bonds is 7. The van der Waals surface area contributed by atoms with E-state index in [1.54, 1.807) is 6.92 Å². The van der Waals surface area contributed by atoms with E-state index in [2.05, 4.69) is 5.32 Å². The number of nitrogens with zero attached hydrogens (tertiary/aromatic N) is 3. The fraction of sp³-hybridized carbons (Fsp3) is 0.692. The molecule has 4 amide bonds. The minimum Gasteiger partial charge on any atom is -0.358 e. The van der Waals surface area contributed by atoms with Gasteiger partial charge in [-0.3, -0.25) is 19.2 Å². The van der Waals surface area contributed by atoms with Crippen molar-refractivity contribution in [3.8, 4) is 0 Å². The number of hydrogen-bond acceptors (Lipinski definition) is 4. The molecule has 1 N–H and O–H groups in total. The summed E-state index contributed by atoms with van der Waals surface area (Å²) < 4.78 is 0. The van der Waals surface area contributed by atoms with Crippen molar-refractivity contribution in [2.45, 2.75) is 13.3 Å². The molecule has 0 rings (SSSR count). The molecule has 21 heavy (non-hydrogen) atoms. The zero-order valence-corrected chi connectivity index (χ0v) is 13.3. The van der Waals surface area contributed by atoms with E-state index < -0.39 is 0 Å². The van der Waals surface area contributed by atoms with Gasteiger partial charge in [0.05, 0.1) is 19.6 Å². The topological polar surface area (TPSA) is 90.0 Å². The van der Waals surface area contributed by atoms with Gasteiger partial charge in [0, 0.05) is 34.6 Å². The molecule has 0 saturated heterocycles. The average Bonchev–Trinajstić information content (AvgIpc) is 2.45. The van der Waals surface area contributed by atoms with Crippen LogP contribution in [0.4, 0.5) is 0 Å². The first-order valence-electron chi connectivity index (χ1n) is 6.65. The van der Waals surface area contributed by atoms with E-state index in [0.29, 0.717) is 6.42 Å². The lowest BCUT2D eigenvalue weighted by atomic mass is 10.3. The average molecular weight is 300 g/mol. The van der Waals surface area contributed by atoms with E-state index in [-0.39, 0.29) is 43.3 Å². The van der Waals surface area contributed by atoms with Crippen molar-refractivity contribution in [1.29, 1.82) is 0 Å². The smallest absolute Gasteiger partial charge is 0.242 e. The Morgan fingerprint density at radius 3 is 1.52 bits per heavy atom. The lowest BCUT2D eigenvalue weighted by molar-refractivity contribution is -0.142. The predicted molar refractivity (Wildman–Crippen MR) is 77.3 cm³/mol. The van der Waals surface area contributed by atoms with Crippen molar-refractivity contribution in [3.05, 3.63) is 0 Å². The Hall–Kier alpha value is -2.12. The van der Waals surface area contributed by atoms with Crippen molar-refractivity contribution in [1.82, 2.24) is 20.0 Å². The van der Waals surface area contributed by atoms with Gasteiger partial charge in [0.1, 0.15) is 0 Å². The second kappa shape index (κ2) is 8.93. The molecule has 0 heterocycles. The van der Waals surface area contributed by atoms with Gasteiger partial charge in [0.15, 0.2) is 0 Å². The molecule has 0 aromatic rings. The molecular weight excluding hydrogens is 276 g/mol. The maximum atomic E-state index is 11.9. The van der Waals surface area contributed by atoms with Gasteiger partial charge in [-0.15, -0.1) is 0 Å². The highest BCUT2D eigenvalue weighted by Gasteiger charge is 2.19. The highest BCUT2D eigenvalue weighted by molar-refractivity contribution is 5.89. The van der Waals surface area contributed by atoms with Gasteiger partial charge in [-0.2, -0.15) is 0 Å². The van der Waals surface area contributed by atoms with Crippen LogP contribution in [0.3, 0.4) is 0 Å². The predicted octanol–water partition coefficient (Wildman–Crippen LogP) is -1.48. The summed E-state index contributed by atoms with van der Waals surface area (Å²) in [5.74, 6) is -1.10. The lowest BCUT2D eigenvalue weighted by Gasteiger charge is -2.23. The van der Waals surface area contributed by atoms with Crippen molar-refractivity contribution < 1.29 is 19.2 Å². The van der Waals surface area contributed by atoms with Crippen molar-refractivity contribution in [2.24, 2.45) is 0 Å². The zero-order valence-electron chi connectivity index (χ0n) is 13.3. The second-order valence-electron chi connectivity index (χ2n) is 4.78. The van der Waals surface area contributed by atoms with Crippen LogP contribution in [0.1, 0.15) is 13.3 Å². The number of nitrogens with one attached hydrogen (secondary N) is 1. The van der Waals surface area contributed by atoms with Crippen molar-refractivity contribution >= 4 is 23.6 Å². The van der Waals surface area contributed by atoms with E-state index in [0.717, 1.165) is 0 Å². The number of likely N-dealkylation sites (N-methyl/N-ethyl adjacent to an activating group) is 4. The third kappa shape index (κ3) is 6.73. The van der Waals surface area contributed by atoms with E-state index >= 15 is 0 Å². The first-order chi connectivity index (χ1) is 9.72. The van der Waals surface area contributed by atoms with Crippen LogP contribution < -0.4 is 5.32 Å². The zero-order chi connectivity index (χ0) is 16.6. The molecule has 0 aromatic heterocycles. The van der Waals surface area contributed by atoms with Crippen LogP contribution in [0.15, 0.2) is 0 Å². The van der Waals surface area contributed by atoms with Crippen LogP contribution in [0.25, 0.3) is 0 Å². The van der Waals surface area contributed by atoms with Crippen LogP contribution in [0, 0.1) is 0 Å². The lowest BCUT2D eigenvalue weighted by Crippen LogP contribution is -2.45. The molecule has 0 atom stereocenters. The van der Waals surface area contributed by atoms with Gasteiger partial charge >= 0.3 is 0 Å². The van der Waals surface area contributed by atoms with Gasteiger partial charge in [0.25, 0.3) is 0 Å². The molecular formula is C13H24N4O4. The van der Waals surface area contributed by atoms with Gasteiger partial charge < -0.3 is 20.0 Å². The summed E-state index contributed by atoms with van der Waals surface area (Å²) in [6.45, 7) is 1.44. The maximum Gasteiger partial charge on any atom is 0.242 e. The summed E-state index contributed by atoms with van der Waals surface area (Å²) in [7, 11) is 5.99. The van der Waals surface area contributed by atoms with E-state index in [9.17, 15) is 19.2 Å². The largest absolute Gasteiger partial charge is 0.358 e. The van der Waals surface area contributed by atoms with Crippen LogP contribution in [-0.4, -0.2) is 86.2 Å². The van der Waals surface area contributed by atoms with Crippen molar-refractivity contribution in [2.75, 3.05) is 47.8 Å². The molecule has 0 radical (unpaired) electrons. The summed E-state index contributed by atoms with van der Waals surface area (Å²) >= 11 is 0. The third-order valence-corrected chi connectivity index (χ3v) is 2.98. The molecule has 0 saturated carbocycles. The molecule has 0 aliphatic rings. The molecule has 0 unspecified atom stereocenters. The fourth-order valence-corrected chi connectivity index (χ4v) is 1.48. The molecule has 0 spiro atoms. The summed E-state index contributed by atoms with van der Waals surface area (Å²) in [5.41, 5.74) is 0. The Bertz CT molecular complexity index is 411. The second-order valence-corrected chi connectivity index (χ2v) is 4.78. The first-order valence-corrected chi connectivity index (χ1v) is 6.65. The monoisotopic (exact) mass is 300 g/mol. The minimum absolute atomic E-state index is 0.0639. The quantitative estimate of drug-likeness (QED) is 0.621. The SMILES string of the molecule is CCC(=O)N(C)CC(=O)N(C)CC(=O)N(C)CC(=O)NC. The fourth-order valence-electron chi connectivity index (χ4n) is 1.48. The Balaban J connectivity index is 4.37. The third-order valence-electron chi connectivity index (χ3n) is 2.98. The van der Waals surface area contributed by atoms with E-state index in [1.165, 1.54) is 42.9 Å². The van der Waals surface area contributed by atoms with Crippen LogP contribution in [0.2, 0.25) is 0 Å². The van der Waals surface area contributed by atoms with Gasteiger partial charge in [0.2, 0.25) is 23.6 Å². The Labute approximate surface area is 125 Å². The van der Waals surface area contributed by atoms with Gasteiger partial charge in [-0.05, 0) is 0 Å². The number of carbonyl (C=O) groups is 4. The molecule has 8 heteroatoms. The van der Waals surface area contributed by atoms with Crippen molar-refractivity contribution in [3.63, 3.8) is 0 Å². The molecule has 0 aliphatic heterocycles. The highest BCUT2D eigenvalue weighted by Crippen LogP contribution is 1.95. The Morgan fingerprint density at radius 2 is 1.14 bits per heavy atom. The molecule has 0 aliphatic carbocycles. The summed E-state index contributed by atoms with van der Waals surface area (Å²) in [4.78, 5) is 50.1. The highest BCUT2D eigenvalue weighted by atomic mass is 16.2. The molecule has 0 fully saturated rings. The standard InChI is InChI=1S/C13H24N4O4/c1-6-11(19)16(4)8-13(21)17(5)9-12(20)15(3)7-10(18)14-2/h6-9H2,1-5H3,(H,14,18). The maximum absolute atomic E-state index is 11.9. The summed E-state index contributed by atoms with van der Waals surface area (Å²) in [6, 6.07) is 0. The minimum atomic E-state index is -0.348. The Morgan fingerprint density at radius 1 is 0.762 bits per heavy atom. The Kier molecular flexibility index (Phi) is 8.03. The summed E-state index contributed by atoms with van der Waals surface area (Å²) in [5, 5.41) is 2.41. The first kappa shape index (κ1) is 18.9. The number of hydrogen-bond donors (Lipinski definition) is 1. The summed E-state index contributed by atoms with van der Waals surface area (Å²) in [6.07, 6.45) is 0.321. The van der Waals surface area contributed by atoms with Gasteiger partial charge in [-0.25, -0.2) is 0 Å². The normalized spacial score (nSPS) is 9.76. The van der Waals surface area contributed by atoms with Crippen LogP contribution >= 0.6 is 0 Å².